The number of carbonyl (C=O) groups excluding carboxylic acids is 3. The van der Waals surface area contributed by atoms with E-state index >= 15 is 0 Å². The molecule has 0 aliphatic heterocycles. The molecule has 0 radical (unpaired) electrons. The van der Waals surface area contributed by atoms with Gasteiger partial charge in [-0.2, -0.15) is 0 Å². The molecule has 184 valence electrons. The van der Waals surface area contributed by atoms with Gasteiger partial charge in [0.25, 0.3) is 0 Å². The van der Waals surface area contributed by atoms with Gasteiger partial charge in [-0.15, -0.1) is 0 Å². The number of hydrogen-bond donors (Lipinski definition) is 2. The first-order chi connectivity index (χ1) is 16.0. The van der Waals surface area contributed by atoms with Crippen LogP contribution in [-0.2, 0) is 30.2 Å². The molecule has 0 bridgehead atoms. The second-order valence-corrected chi connectivity index (χ2v) is 9.14. The SMILES string of the molecule is COC(=O)CC(CNC(=O)OC(C)(C)C)OC(=O)Cc1ccccc1Nc1c(Cl)cccc1Cl. The molecule has 0 saturated heterocycles. The monoisotopic (exact) mass is 510 g/mol. The predicted octanol–water partition coefficient (Wildman–Crippen LogP) is 5.28. The Labute approximate surface area is 208 Å². The summed E-state index contributed by atoms with van der Waals surface area (Å²) in [5.41, 5.74) is 1.06. The Balaban J connectivity index is 2.08. The maximum atomic E-state index is 12.7. The Morgan fingerprint density at radius 1 is 0.971 bits per heavy atom. The summed E-state index contributed by atoms with van der Waals surface area (Å²) in [5, 5.41) is 6.51. The number of benzene rings is 2. The van der Waals surface area contributed by atoms with E-state index in [4.69, 9.17) is 32.7 Å². The molecular formula is C24H28Cl2N2O6. The van der Waals surface area contributed by atoms with Crippen molar-refractivity contribution in [2.24, 2.45) is 0 Å². The first-order valence-electron chi connectivity index (χ1n) is 10.5. The van der Waals surface area contributed by atoms with Crippen molar-refractivity contribution < 1.29 is 28.6 Å². The van der Waals surface area contributed by atoms with E-state index in [0.29, 0.717) is 27.0 Å². The molecule has 8 nitrogen and oxygen atoms in total. The fourth-order valence-electron chi connectivity index (χ4n) is 2.87. The summed E-state index contributed by atoms with van der Waals surface area (Å²) in [6.45, 7) is 5.05. The second-order valence-electron chi connectivity index (χ2n) is 8.33. The minimum Gasteiger partial charge on any atom is -0.469 e. The predicted molar refractivity (Wildman–Crippen MR) is 131 cm³/mol. The van der Waals surface area contributed by atoms with Gasteiger partial charge in [-0.25, -0.2) is 4.79 Å². The Hall–Kier alpha value is -2.97. The minimum atomic E-state index is -0.939. The first kappa shape index (κ1) is 27.3. The summed E-state index contributed by atoms with van der Waals surface area (Å²) in [6.07, 6.45) is -1.96. The number of rotatable bonds is 9. The molecule has 1 amide bonds. The van der Waals surface area contributed by atoms with Crippen LogP contribution in [0.3, 0.4) is 0 Å². The van der Waals surface area contributed by atoms with E-state index in [-0.39, 0.29) is 19.4 Å². The van der Waals surface area contributed by atoms with Gasteiger partial charge >= 0.3 is 18.0 Å². The van der Waals surface area contributed by atoms with E-state index in [1.807, 2.05) is 0 Å². The number of nitrogens with one attached hydrogen (secondary N) is 2. The largest absolute Gasteiger partial charge is 0.469 e. The summed E-state index contributed by atoms with van der Waals surface area (Å²) >= 11 is 12.5. The van der Waals surface area contributed by atoms with Crippen molar-refractivity contribution in [3.63, 3.8) is 0 Å². The second kappa shape index (κ2) is 12.5. The van der Waals surface area contributed by atoms with Gasteiger partial charge in [0.05, 0.1) is 42.2 Å². The van der Waals surface area contributed by atoms with Gasteiger partial charge < -0.3 is 24.8 Å². The highest BCUT2D eigenvalue weighted by atomic mass is 35.5. The van der Waals surface area contributed by atoms with E-state index < -0.39 is 29.7 Å². The van der Waals surface area contributed by atoms with Crippen LogP contribution < -0.4 is 10.6 Å². The molecule has 0 fully saturated rings. The zero-order valence-corrected chi connectivity index (χ0v) is 21.0. The molecule has 1 atom stereocenters. The summed E-state index contributed by atoms with van der Waals surface area (Å²) in [4.78, 5) is 36.4. The van der Waals surface area contributed by atoms with Crippen molar-refractivity contribution in [2.45, 2.75) is 45.3 Å². The minimum absolute atomic E-state index is 0.102. The molecule has 1 unspecified atom stereocenters. The number of para-hydroxylation sites is 2. The lowest BCUT2D eigenvalue weighted by Crippen LogP contribution is -2.39. The molecule has 0 aliphatic carbocycles. The maximum Gasteiger partial charge on any atom is 0.407 e. The van der Waals surface area contributed by atoms with E-state index in [0.717, 1.165) is 0 Å². The van der Waals surface area contributed by atoms with Gasteiger partial charge in [0.2, 0.25) is 0 Å². The van der Waals surface area contributed by atoms with Crippen LogP contribution in [0, 0.1) is 0 Å². The third kappa shape index (κ3) is 9.11. The van der Waals surface area contributed by atoms with Gasteiger partial charge in [-0.3, -0.25) is 9.59 Å². The highest BCUT2D eigenvalue weighted by Gasteiger charge is 2.23. The van der Waals surface area contributed by atoms with Crippen molar-refractivity contribution in [3.05, 3.63) is 58.1 Å². The Morgan fingerprint density at radius 2 is 1.62 bits per heavy atom. The molecule has 2 rings (SSSR count). The number of amides is 1. The van der Waals surface area contributed by atoms with E-state index in [2.05, 4.69) is 15.4 Å². The number of esters is 2. The van der Waals surface area contributed by atoms with Crippen LogP contribution >= 0.6 is 23.2 Å². The summed E-state index contributed by atoms with van der Waals surface area (Å²) in [7, 11) is 1.23. The average molecular weight is 511 g/mol. The molecule has 10 heteroatoms. The summed E-state index contributed by atoms with van der Waals surface area (Å²) in [6, 6.07) is 12.2. The number of anilines is 2. The van der Waals surface area contributed by atoms with Crippen molar-refractivity contribution in [2.75, 3.05) is 19.0 Å². The lowest BCUT2D eigenvalue weighted by atomic mass is 10.1. The van der Waals surface area contributed by atoms with Crippen LogP contribution in [0.15, 0.2) is 42.5 Å². The standard InChI is InChI=1S/C24H28Cl2N2O6/c1-24(2,3)34-23(31)27-14-16(13-20(29)32-4)33-21(30)12-15-8-5-6-11-19(15)28-22-17(25)9-7-10-18(22)26/h5-11,16,28H,12-14H2,1-4H3,(H,27,31). The zero-order chi connectivity index (χ0) is 25.3. The van der Waals surface area contributed by atoms with Crippen molar-refractivity contribution >= 4 is 52.6 Å². The van der Waals surface area contributed by atoms with E-state index in [1.165, 1.54) is 7.11 Å². The molecule has 2 aromatic carbocycles. The molecular weight excluding hydrogens is 483 g/mol. The van der Waals surface area contributed by atoms with E-state index in [1.54, 1.807) is 63.2 Å². The van der Waals surface area contributed by atoms with Crippen LogP contribution in [0.4, 0.5) is 16.2 Å². The van der Waals surface area contributed by atoms with Crippen molar-refractivity contribution in [1.82, 2.24) is 5.32 Å². The summed E-state index contributed by atoms with van der Waals surface area (Å²) in [5.74, 6) is -1.18. The smallest absolute Gasteiger partial charge is 0.407 e. The topological polar surface area (TPSA) is 103 Å². The fraction of sp³-hybridized carbons (Fsp3) is 0.375. The highest BCUT2D eigenvalue weighted by molar-refractivity contribution is 6.39. The summed E-state index contributed by atoms with van der Waals surface area (Å²) < 4.78 is 15.3. The van der Waals surface area contributed by atoms with Crippen LogP contribution in [0.5, 0.6) is 0 Å². The third-order valence-electron chi connectivity index (χ3n) is 4.37. The molecule has 0 heterocycles. The molecule has 0 aliphatic rings. The number of halogens is 2. The van der Waals surface area contributed by atoms with Crippen LogP contribution in [0.1, 0.15) is 32.8 Å². The molecule has 2 N–H and O–H groups in total. The van der Waals surface area contributed by atoms with Crippen LogP contribution in [0.25, 0.3) is 0 Å². The maximum absolute atomic E-state index is 12.7. The lowest BCUT2D eigenvalue weighted by Gasteiger charge is -2.22. The van der Waals surface area contributed by atoms with Crippen LogP contribution in [0.2, 0.25) is 10.0 Å². The van der Waals surface area contributed by atoms with Gasteiger partial charge in [-0.05, 0) is 44.5 Å². The average Bonchev–Trinajstić information content (AvgIpc) is 2.74. The lowest BCUT2D eigenvalue weighted by molar-refractivity contribution is -0.153. The Bertz CT molecular complexity index is 1000. The normalized spacial score (nSPS) is 11.8. The number of hydrogen-bond acceptors (Lipinski definition) is 7. The molecule has 34 heavy (non-hydrogen) atoms. The van der Waals surface area contributed by atoms with Gasteiger partial charge in [0.15, 0.2) is 0 Å². The number of ether oxygens (including phenoxy) is 3. The van der Waals surface area contributed by atoms with Crippen LogP contribution in [-0.4, -0.2) is 43.4 Å². The zero-order valence-electron chi connectivity index (χ0n) is 19.4. The van der Waals surface area contributed by atoms with E-state index in [9.17, 15) is 14.4 Å². The van der Waals surface area contributed by atoms with Crippen molar-refractivity contribution in [3.8, 4) is 0 Å². The third-order valence-corrected chi connectivity index (χ3v) is 5.00. The van der Waals surface area contributed by atoms with Gasteiger partial charge in [-0.1, -0.05) is 47.5 Å². The molecule has 0 saturated carbocycles. The molecule has 0 aromatic heterocycles. The van der Waals surface area contributed by atoms with Gasteiger partial charge in [0, 0.05) is 5.69 Å². The highest BCUT2D eigenvalue weighted by Crippen LogP contribution is 2.33. The first-order valence-corrected chi connectivity index (χ1v) is 11.3. The van der Waals surface area contributed by atoms with Crippen molar-refractivity contribution in [1.29, 1.82) is 0 Å². The Morgan fingerprint density at radius 3 is 2.24 bits per heavy atom. The quantitative estimate of drug-likeness (QED) is 0.349. The number of alkyl carbamates (subject to hydrolysis) is 1. The molecule has 0 spiro atoms. The number of carbonyl (C=O) groups is 3. The van der Waals surface area contributed by atoms with Gasteiger partial charge in [0.1, 0.15) is 11.7 Å². The number of methoxy groups -OCH3 is 1. The fourth-order valence-corrected chi connectivity index (χ4v) is 3.36. The Kier molecular flexibility index (Phi) is 10.0. The molecule has 2 aromatic rings.